The second kappa shape index (κ2) is 8.09. The number of nitrogens with zero attached hydrogens (tertiary/aromatic N) is 1. The van der Waals surface area contributed by atoms with Gasteiger partial charge in [0.2, 0.25) is 0 Å². The Labute approximate surface area is 161 Å². The summed E-state index contributed by atoms with van der Waals surface area (Å²) < 4.78 is 13.0. The summed E-state index contributed by atoms with van der Waals surface area (Å²) in [6, 6.07) is 31.1. The molecule has 3 aromatic rings. The maximum absolute atomic E-state index is 6.84. The fraction of sp³-hybridized carbons (Fsp3) is 0.217. The van der Waals surface area contributed by atoms with Gasteiger partial charge >= 0.3 is 7.12 Å². The second-order valence-electron chi connectivity index (χ2n) is 7.03. The molecule has 4 heteroatoms. The highest BCUT2D eigenvalue weighted by molar-refractivity contribution is 6.61. The molecule has 0 atom stereocenters. The highest BCUT2D eigenvalue weighted by Gasteiger charge is 2.42. The summed E-state index contributed by atoms with van der Waals surface area (Å²) in [7, 11) is 1.70. The van der Waals surface area contributed by atoms with Crippen molar-refractivity contribution in [1.82, 2.24) is 4.90 Å². The largest absolute Gasteiger partial charge is 0.494 e. The highest BCUT2D eigenvalue weighted by Crippen LogP contribution is 2.36. The van der Waals surface area contributed by atoms with Crippen molar-refractivity contribution in [3.05, 3.63) is 102 Å². The molecule has 0 saturated carbocycles. The average Bonchev–Trinajstić information content (AvgIpc) is 2.72. The van der Waals surface area contributed by atoms with E-state index in [4.69, 9.17) is 9.31 Å². The minimum absolute atomic E-state index is 0.416. The van der Waals surface area contributed by atoms with Crippen LogP contribution in [0.2, 0.25) is 0 Å². The van der Waals surface area contributed by atoms with Crippen LogP contribution in [0.15, 0.2) is 91.0 Å². The normalized spacial score (nSPS) is 17.9. The fourth-order valence-electron chi connectivity index (χ4n) is 3.70. The molecule has 1 saturated heterocycles. The zero-order valence-electron chi connectivity index (χ0n) is 15.6. The van der Waals surface area contributed by atoms with Crippen LogP contribution in [0.3, 0.4) is 0 Å². The van der Waals surface area contributed by atoms with Crippen LogP contribution in [-0.2, 0) is 14.9 Å². The van der Waals surface area contributed by atoms with Crippen LogP contribution >= 0.6 is 0 Å². The minimum atomic E-state index is -0.613. The van der Waals surface area contributed by atoms with E-state index >= 15 is 0 Å². The molecule has 1 fully saturated rings. The second-order valence-corrected chi connectivity index (χ2v) is 7.03. The van der Waals surface area contributed by atoms with Crippen molar-refractivity contribution in [1.29, 1.82) is 0 Å². The van der Waals surface area contributed by atoms with Gasteiger partial charge in [0.25, 0.3) is 0 Å². The Hall–Kier alpha value is -2.40. The summed E-state index contributed by atoms with van der Waals surface area (Å²) in [5, 5.41) is 0. The third-order valence-electron chi connectivity index (χ3n) is 5.09. The van der Waals surface area contributed by atoms with Crippen molar-refractivity contribution in [2.24, 2.45) is 0 Å². The molecule has 0 bridgehead atoms. The molecular weight excluding hydrogens is 333 g/mol. The molecule has 27 heavy (non-hydrogen) atoms. The standard InChI is InChI=1S/C23H24BNO2/c1-25-17-18-26-24(22-15-9-4-10-16-22)27-23(19-25,20-11-5-2-6-12-20)21-13-7-3-8-14-21/h2-16H,17-19H2,1H3. The van der Waals surface area contributed by atoms with E-state index < -0.39 is 12.7 Å². The molecule has 1 heterocycles. The first kappa shape index (κ1) is 18.0. The van der Waals surface area contributed by atoms with Crippen molar-refractivity contribution in [3.8, 4) is 0 Å². The van der Waals surface area contributed by atoms with Gasteiger partial charge in [-0.2, -0.15) is 0 Å². The summed E-state index contributed by atoms with van der Waals surface area (Å²) in [5.41, 5.74) is 2.69. The van der Waals surface area contributed by atoms with Gasteiger partial charge in [-0.05, 0) is 23.6 Å². The zero-order chi connectivity index (χ0) is 18.5. The quantitative estimate of drug-likeness (QED) is 0.672. The number of rotatable bonds is 3. The van der Waals surface area contributed by atoms with Gasteiger partial charge in [0.15, 0.2) is 0 Å². The van der Waals surface area contributed by atoms with Crippen molar-refractivity contribution in [2.45, 2.75) is 5.60 Å². The van der Waals surface area contributed by atoms with Crippen molar-refractivity contribution >= 4 is 12.6 Å². The maximum atomic E-state index is 6.84. The molecule has 0 N–H and O–H groups in total. The topological polar surface area (TPSA) is 21.7 Å². The molecule has 3 nitrogen and oxygen atoms in total. The number of hydrogen-bond acceptors (Lipinski definition) is 3. The van der Waals surface area contributed by atoms with E-state index in [0.29, 0.717) is 6.61 Å². The van der Waals surface area contributed by atoms with E-state index in [9.17, 15) is 0 Å². The molecule has 0 spiro atoms. The van der Waals surface area contributed by atoms with E-state index in [-0.39, 0.29) is 0 Å². The highest BCUT2D eigenvalue weighted by atomic mass is 16.6. The Morgan fingerprint density at radius 1 is 0.778 bits per heavy atom. The molecule has 1 aliphatic rings. The van der Waals surface area contributed by atoms with Gasteiger partial charge in [-0.3, -0.25) is 0 Å². The van der Waals surface area contributed by atoms with Crippen LogP contribution in [0.1, 0.15) is 11.1 Å². The summed E-state index contributed by atoms with van der Waals surface area (Å²) in [5.74, 6) is 0. The van der Waals surface area contributed by atoms with Gasteiger partial charge < -0.3 is 14.2 Å². The third kappa shape index (κ3) is 3.83. The summed E-state index contributed by atoms with van der Waals surface area (Å²) >= 11 is 0. The lowest BCUT2D eigenvalue weighted by Gasteiger charge is -2.42. The minimum Gasteiger partial charge on any atom is -0.406 e. The summed E-state index contributed by atoms with van der Waals surface area (Å²) in [6.07, 6.45) is 0. The van der Waals surface area contributed by atoms with E-state index in [1.165, 1.54) is 0 Å². The van der Waals surface area contributed by atoms with Crippen LogP contribution in [0.5, 0.6) is 0 Å². The van der Waals surface area contributed by atoms with Crippen LogP contribution in [-0.4, -0.2) is 38.8 Å². The summed E-state index contributed by atoms with van der Waals surface area (Å²) in [6.45, 7) is 2.25. The van der Waals surface area contributed by atoms with Crippen LogP contribution in [0.25, 0.3) is 0 Å². The Morgan fingerprint density at radius 3 is 1.85 bits per heavy atom. The van der Waals surface area contributed by atoms with Gasteiger partial charge in [-0.15, -0.1) is 0 Å². The fourth-order valence-corrected chi connectivity index (χ4v) is 3.70. The monoisotopic (exact) mass is 357 g/mol. The van der Waals surface area contributed by atoms with Crippen molar-refractivity contribution in [2.75, 3.05) is 26.7 Å². The average molecular weight is 357 g/mol. The number of hydrogen-bond donors (Lipinski definition) is 0. The smallest absolute Gasteiger partial charge is 0.406 e. The van der Waals surface area contributed by atoms with E-state index in [2.05, 4.69) is 72.6 Å². The molecule has 0 unspecified atom stereocenters. The lowest BCUT2D eigenvalue weighted by Crippen LogP contribution is -2.53. The van der Waals surface area contributed by atoms with Gasteiger partial charge in [-0.25, -0.2) is 0 Å². The Morgan fingerprint density at radius 2 is 1.30 bits per heavy atom. The molecule has 0 radical (unpaired) electrons. The van der Waals surface area contributed by atoms with Gasteiger partial charge in [0, 0.05) is 19.7 Å². The predicted octanol–water partition coefficient (Wildman–Crippen LogP) is 3.30. The van der Waals surface area contributed by atoms with E-state index in [1.807, 2.05) is 30.3 Å². The Bertz CT molecular complexity index is 803. The van der Waals surface area contributed by atoms with Crippen LogP contribution < -0.4 is 5.46 Å². The van der Waals surface area contributed by atoms with E-state index in [0.717, 1.165) is 29.7 Å². The lowest BCUT2D eigenvalue weighted by molar-refractivity contribution is 0.0169. The molecule has 4 rings (SSSR count). The molecule has 0 amide bonds. The summed E-state index contributed by atoms with van der Waals surface area (Å²) in [4.78, 5) is 2.28. The first-order chi connectivity index (χ1) is 13.3. The molecule has 0 aliphatic carbocycles. The van der Waals surface area contributed by atoms with Gasteiger partial charge in [0.05, 0.1) is 0 Å². The van der Waals surface area contributed by atoms with Crippen molar-refractivity contribution < 1.29 is 9.31 Å². The van der Waals surface area contributed by atoms with Gasteiger partial charge in [-0.1, -0.05) is 91.0 Å². The first-order valence-corrected chi connectivity index (χ1v) is 9.42. The maximum Gasteiger partial charge on any atom is 0.494 e. The van der Waals surface area contributed by atoms with Crippen LogP contribution in [0, 0.1) is 0 Å². The number of benzene rings is 3. The Balaban J connectivity index is 1.85. The zero-order valence-corrected chi connectivity index (χ0v) is 15.6. The number of likely N-dealkylation sites (N-methyl/N-ethyl adjacent to an activating group) is 1. The molecule has 0 aromatic heterocycles. The van der Waals surface area contributed by atoms with E-state index in [1.54, 1.807) is 0 Å². The first-order valence-electron chi connectivity index (χ1n) is 9.42. The molecule has 136 valence electrons. The molecular formula is C23H24BNO2. The molecule has 3 aromatic carbocycles. The SMILES string of the molecule is CN1CCOB(c2ccccc2)OC(c2ccccc2)(c2ccccc2)C1. The third-order valence-corrected chi connectivity index (χ3v) is 5.09. The van der Waals surface area contributed by atoms with Gasteiger partial charge in [0.1, 0.15) is 5.60 Å². The van der Waals surface area contributed by atoms with Crippen LogP contribution in [0.4, 0.5) is 0 Å². The Kier molecular flexibility index (Phi) is 5.39. The predicted molar refractivity (Wildman–Crippen MR) is 110 cm³/mol. The molecule has 1 aliphatic heterocycles. The van der Waals surface area contributed by atoms with Crippen molar-refractivity contribution in [3.63, 3.8) is 0 Å². The lowest BCUT2D eigenvalue weighted by atomic mass is 9.74.